The minimum absolute atomic E-state index is 0.0147. The van der Waals surface area contributed by atoms with Gasteiger partial charge in [-0.3, -0.25) is 9.78 Å². The summed E-state index contributed by atoms with van der Waals surface area (Å²) in [6, 6.07) is 9.99. The lowest BCUT2D eigenvalue weighted by Crippen LogP contribution is -2.20. The molecule has 0 bridgehead atoms. The summed E-state index contributed by atoms with van der Waals surface area (Å²) in [7, 11) is 0. The lowest BCUT2D eigenvalue weighted by molar-refractivity contribution is 0.102. The van der Waals surface area contributed by atoms with E-state index in [1.165, 1.54) is 0 Å². The molecule has 1 aromatic heterocycles. The number of rotatable bonds is 5. The zero-order chi connectivity index (χ0) is 15.1. The number of amides is 1. The van der Waals surface area contributed by atoms with Gasteiger partial charge in [-0.25, -0.2) is 0 Å². The Bertz CT molecular complexity index is 626. The first-order valence-corrected chi connectivity index (χ1v) is 6.09. The van der Waals surface area contributed by atoms with Gasteiger partial charge in [-0.05, 0) is 36.4 Å². The van der Waals surface area contributed by atoms with Crippen LogP contribution in [0.25, 0.3) is 0 Å². The zero-order valence-corrected chi connectivity index (χ0v) is 11.1. The summed E-state index contributed by atoms with van der Waals surface area (Å²) >= 11 is 0. The molecule has 1 aromatic carbocycles. The summed E-state index contributed by atoms with van der Waals surface area (Å²) < 4.78 is 5.27. The Kier molecular flexibility index (Phi) is 4.70. The van der Waals surface area contributed by atoms with Gasteiger partial charge < -0.3 is 21.0 Å². The number of oxime groups is 1. The second-order valence-electron chi connectivity index (χ2n) is 4.09. The number of nitrogens with one attached hydrogen (secondary N) is 1. The molecule has 0 aliphatic heterocycles. The highest BCUT2D eigenvalue weighted by Gasteiger charge is 2.05. The van der Waals surface area contributed by atoms with Crippen molar-refractivity contribution in [3.63, 3.8) is 0 Å². The molecule has 1 heterocycles. The summed E-state index contributed by atoms with van der Waals surface area (Å²) in [4.78, 5) is 15.8. The molecular formula is C14H14N4O3. The second-order valence-corrected chi connectivity index (χ2v) is 4.09. The van der Waals surface area contributed by atoms with E-state index in [2.05, 4.69) is 15.5 Å². The molecule has 1 amide bonds. The third-order valence-electron chi connectivity index (χ3n) is 2.57. The van der Waals surface area contributed by atoms with Gasteiger partial charge in [0.15, 0.2) is 5.84 Å². The number of benzene rings is 1. The summed E-state index contributed by atoms with van der Waals surface area (Å²) in [6.45, 7) is -0.0147. The number of pyridine rings is 1. The van der Waals surface area contributed by atoms with E-state index in [-0.39, 0.29) is 18.3 Å². The summed E-state index contributed by atoms with van der Waals surface area (Å²) in [5, 5.41) is 13.9. The van der Waals surface area contributed by atoms with Gasteiger partial charge in [0, 0.05) is 23.6 Å². The first-order valence-electron chi connectivity index (χ1n) is 6.09. The molecule has 0 aliphatic carbocycles. The van der Waals surface area contributed by atoms with Gasteiger partial charge in [0.25, 0.3) is 5.91 Å². The maximum Gasteiger partial charge on any atom is 0.255 e. The molecule has 0 fully saturated rings. The van der Waals surface area contributed by atoms with Gasteiger partial charge in [-0.2, -0.15) is 0 Å². The summed E-state index contributed by atoms with van der Waals surface area (Å²) in [6.07, 6.45) is 3.11. The highest BCUT2D eigenvalue weighted by Crippen LogP contribution is 2.16. The lowest BCUT2D eigenvalue weighted by atomic mass is 10.2. The number of nitrogens with two attached hydrogens (primary N) is 1. The van der Waals surface area contributed by atoms with Crippen LogP contribution in [0.4, 0.5) is 5.69 Å². The standard InChI is InChI=1S/C14H14N4O3/c15-13(18-20)9-21-12-3-1-11(2-4-12)17-14(19)10-5-7-16-8-6-10/h1-8,20H,9H2,(H2,15,18)(H,17,19). The number of carbonyl (C=O) groups is 1. The molecule has 4 N–H and O–H groups in total. The largest absolute Gasteiger partial charge is 0.486 e. The van der Waals surface area contributed by atoms with Crippen molar-refractivity contribution in [3.05, 3.63) is 54.4 Å². The number of anilines is 1. The third kappa shape index (κ3) is 4.20. The number of aromatic nitrogens is 1. The van der Waals surface area contributed by atoms with E-state index >= 15 is 0 Å². The van der Waals surface area contributed by atoms with Crippen molar-refractivity contribution in [1.29, 1.82) is 0 Å². The molecule has 0 radical (unpaired) electrons. The van der Waals surface area contributed by atoms with Crippen LogP contribution in [0.5, 0.6) is 5.75 Å². The van der Waals surface area contributed by atoms with Crippen LogP contribution in [-0.4, -0.2) is 28.5 Å². The normalized spacial score (nSPS) is 11.0. The maximum absolute atomic E-state index is 11.9. The molecule has 7 heteroatoms. The Morgan fingerprint density at radius 2 is 1.90 bits per heavy atom. The Balaban J connectivity index is 1.95. The van der Waals surface area contributed by atoms with Crippen molar-refractivity contribution in [1.82, 2.24) is 4.98 Å². The average Bonchev–Trinajstić information content (AvgIpc) is 2.54. The highest BCUT2D eigenvalue weighted by atomic mass is 16.5. The second kappa shape index (κ2) is 6.90. The van der Waals surface area contributed by atoms with Crippen LogP contribution in [-0.2, 0) is 0 Å². The van der Waals surface area contributed by atoms with Crippen molar-refractivity contribution < 1.29 is 14.7 Å². The molecule has 7 nitrogen and oxygen atoms in total. The van der Waals surface area contributed by atoms with E-state index in [1.54, 1.807) is 48.8 Å². The van der Waals surface area contributed by atoms with Gasteiger partial charge in [-0.1, -0.05) is 5.16 Å². The maximum atomic E-state index is 11.9. The Morgan fingerprint density at radius 1 is 1.24 bits per heavy atom. The quantitative estimate of drug-likeness (QED) is 0.333. The number of ether oxygens (including phenoxy) is 1. The van der Waals surface area contributed by atoms with E-state index in [1.807, 2.05) is 0 Å². The van der Waals surface area contributed by atoms with Crippen LogP contribution in [0.2, 0.25) is 0 Å². The van der Waals surface area contributed by atoms with Crippen molar-refractivity contribution in [3.8, 4) is 5.75 Å². The lowest BCUT2D eigenvalue weighted by Gasteiger charge is -2.07. The van der Waals surface area contributed by atoms with E-state index < -0.39 is 0 Å². The van der Waals surface area contributed by atoms with Crippen molar-refractivity contribution in [2.24, 2.45) is 10.9 Å². The van der Waals surface area contributed by atoms with Gasteiger partial charge in [-0.15, -0.1) is 0 Å². The predicted molar refractivity (Wildman–Crippen MR) is 77.5 cm³/mol. The molecule has 0 saturated heterocycles. The van der Waals surface area contributed by atoms with Crippen LogP contribution in [0.3, 0.4) is 0 Å². The SMILES string of the molecule is N/C(COc1ccc(NC(=O)c2ccncc2)cc1)=N\O. The number of nitrogens with zero attached hydrogens (tertiary/aromatic N) is 2. The van der Waals surface area contributed by atoms with Gasteiger partial charge in [0.2, 0.25) is 0 Å². The highest BCUT2D eigenvalue weighted by molar-refractivity contribution is 6.04. The van der Waals surface area contributed by atoms with Crippen molar-refractivity contribution in [2.45, 2.75) is 0 Å². The number of hydrogen-bond donors (Lipinski definition) is 3. The number of hydrogen-bond acceptors (Lipinski definition) is 5. The average molecular weight is 286 g/mol. The smallest absolute Gasteiger partial charge is 0.255 e. The predicted octanol–water partition coefficient (Wildman–Crippen LogP) is 1.46. The van der Waals surface area contributed by atoms with Crippen LogP contribution < -0.4 is 15.8 Å². The van der Waals surface area contributed by atoms with Crippen molar-refractivity contribution in [2.75, 3.05) is 11.9 Å². The Morgan fingerprint density at radius 3 is 2.52 bits per heavy atom. The third-order valence-corrected chi connectivity index (χ3v) is 2.57. The monoisotopic (exact) mass is 286 g/mol. The summed E-state index contributed by atoms with van der Waals surface area (Å²) in [5.74, 6) is 0.302. The van der Waals surface area contributed by atoms with Crippen LogP contribution >= 0.6 is 0 Å². The molecule has 21 heavy (non-hydrogen) atoms. The molecule has 0 spiro atoms. The molecule has 0 atom stereocenters. The summed E-state index contributed by atoms with van der Waals surface area (Å²) in [5.41, 5.74) is 6.45. The Hall–Kier alpha value is -3.09. The molecule has 0 saturated carbocycles. The first-order chi connectivity index (χ1) is 10.2. The number of amidine groups is 1. The minimum atomic E-state index is -0.220. The number of carbonyl (C=O) groups excluding carboxylic acids is 1. The fourth-order valence-electron chi connectivity index (χ4n) is 1.53. The van der Waals surface area contributed by atoms with Crippen LogP contribution in [0.15, 0.2) is 53.9 Å². The molecule has 108 valence electrons. The molecule has 2 rings (SSSR count). The topological polar surface area (TPSA) is 110 Å². The molecule has 0 aliphatic rings. The fraction of sp³-hybridized carbons (Fsp3) is 0.0714. The van der Waals surface area contributed by atoms with E-state index in [0.29, 0.717) is 17.0 Å². The fourth-order valence-corrected chi connectivity index (χ4v) is 1.53. The van der Waals surface area contributed by atoms with E-state index in [9.17, 15) is 4.79 Å². The zero-order valence-electron chi connectivity index (χ0n) is 11.1. The van der Waals surface area contributed by atoms with Crippen molar-refractivity contribution >= 4 is 17.4 Å². The van der Waals surface area contributed by atoms with E-state index in [4.69, 9.17) is 15.7 Å². The molecule has 0 unspecified atom stereocenters. The van der Waals surface area contributed by atoms with Crippen LogP contribution in [0.1, 0.15) is 10.4 Å². The van der Waals surface area contributed by atoms with E-state index in [0.717, 1.165) is 0 Å². The van der Waals surface area contributed by atoms with Gasteiger partial charge in [0.05, 0.1) is 0 Å². The van der Waals surface area contributed by atoms with Crippen LogP contribution in [0, 0.1) is 0 Å². The van der Waals surface area contributed by atoms with Gasteiger partial charge >= 0.3 is 0 Å². The van der Waals surface area contributed by atoms with Gasteiger partial charge in [0.1, 0.15) is 12.4 Å². The molecular weight excluding hydrogens is 272 g/mol. The molecule has 2 aromatic rings. The Labute approximate surface area is 121 Å². The first kappa shape index (κ1) is 14.3. The minimum Gasteiger partial charge on any atom is -0.486 e.